The third kappa shape index (κ3) is 7.59. The second-order valence-electron chi connectivity index (χ2n) is 12.4. The Labute approximate surface area is 270 Å². The molecule has 46 heavy (non-hydrogen) atoms. The van der Waals surface area contributed by atoms with E-state index in [9.17, 15) is 14.4 Å². The summed E-state index contributed by atoms with van der Waals surface area (Å²) in [6.07, 6.45) is -0.258. The van der Waals surface area contributed by atoms with E-state index in [4.69, 9.17) is 14.2 Å². The minimum Gasteiger partial charge on any atom is -0.491 e. The van der Waals surface area contributed by atoms with E-state index in [2.05, 4.69) is 4.57 Å². The molecule has 1 atom stereocenters. The maximum Gasteiger partial charge on any atom is 0.410 e. The van der Waals surface area contributed by atoms with Crippen LogP contribution in [0.3, 0.4) is 0 Å². The van der Waals surface area contributed by atoms with Gasteiger partial charge in [0.05, 0.1) is 30.8 Å². The molecule has 1 saturated heterocycles. The molecule has 0 saturated carbocycles. The fourth-order valence-corrected chi connectivity index (χ4v) is 5.64. The van der Waals surface area contributed by atoms with Crippen molar-refractivity contribution in [1.82, 2.24) is 14.4 Å². The van der Waals surface area contributed by atoms with Crippen LogP contribution in [0.1, 0.15) is 42.4 Å². The van der Waals surface area contributed by atoms with Crippen LogP contribution in [-0.4, -0.2) is 77.3 Å². The van der Waals surface area contributed by atoms with Crippen LogP contribution in [-0.2, 0) is 20.7 Å². The molecule has 0 spiro atoms. The lowest BCUT2D eigenvalue weighted by Crippen LogP contribution is -2.59. The van der Waals surface area contributed by atoms with Crippen molar-refractivity contribution in [3.05, 3.63) is 108 Å². The zero-order valence-corrected chi connectivity index (χ0v) is 27.1. The van der Waals surface area contributed by atoms with E-state index < -0.39 is 17.7 Å². The van der Waals surface area contributed by atoms with Crippen molar-refractivity contribution in [1.29, 1.82) is 0 Å². The van der Waals surface area contributed by atoms with E-state index in [1.165, 1.54) is 7.11 Å². The van der Waals surface area contributed by atoms with Gasteiger partial charge in [0.25, 0.3) is 5.91 Å². The standard InChI is InChI=1S/C37H41N3O6/c1-26-22-32(34(28-12-8-6-9-13-28)40(26)29-14-10-7-11-15-29)35(42)39-21-20-38(36(43)46-37(2,3)4)24-30(39)25-45-31-18-16-27(17-19-31)23-33(41)44-5/h6-19,22,30H,20-21,23-25H2,1-5H3. The first-order valence-corrected chi connectivity index (χ1v) is 15.4. The number of piperazine rings is 1. The normalized spacial score (nSPS) is 14.9. The second-order valence-corrected chi connectivity index (χ2v) is 12.4. The first-order chi connectivity index (χ1) is 22.0. The molecular weight excluding hydrogens is 582 g/mol. The SMILES string of the molecule is COC(=O)Cc1ccc(OCC2CN(C(=O)OC(C)(C)C)CCN2C(=O)c2cc(C)n(-c3ccccc3)c2-c2ccccc2)cc1. The van der Waals surface area contributed by atoms with Gasteiger partial charge in [-0.1, -0.05) is 60.7 Å². The van der Waals surface area contributed by atoms with Gasteiger partial charge in [0.15, 0.2) is 0 Å². The van der Waals surface area contributed by atoms with Gasteiger partial charge in [0, 0.05) is 31.0 Å². The van der Waals surface area contributed by atoms with Crippen molar-refractivity contribution in [2.75, 3.05) is 33.4 Å². The summed E-state index contributed by atoms with van der Waals surface area (Å²) < 4.78 is 18.7. The van der Waals surface area contributed by atoms with Crippen molar-refractivity contribution < 1.29 is 28.6 Å². The molecule has 2 heterocycles. The molecule has 1 aliphatic heterocycles. The highest BCUT2D eigenvalue weighted by molar-refractivity contribution is 6.01. The number of rotatable bonds is 8. The zero-order valence-electron chi connectivity index (χ0n) is 27.1. The third-order valence-corrected chi connectivity index (χ3v) is 7.81. The Kier molecular flexibility index (Phi) is 9.80. The van der Waals surface area contributed by atoms with Gasteiger partial charge in [-0.2, -0.15) is 0 Å². The Balaban J connectivity index is 1.46. The quantitative estimate of drug-likeness (QED) is 0.214. The number of ether oxygens (including phenoxy) is 3. The van der Waals surface area contributed by atoms with Crippen molar-refractivity contribution >= 4 is 18.0 Å². The van der Waals surface area contributed by atoms with Gasteiger partial charge >= 0.3 is 12.1 Å². The van der Waals surface area contributed by atoms with Crippen LogP contribution in [0.2, 0.25) is 0 Å². The van der Waals surface area contributed by atoms with Gasteiger partial charge in [-0.25, -0.2) is 4.79 Å². The Morgan fingerprint density at radius 3 is 2.15 bits per heavy atom. The molecule has 1 unspecified atom stereocenters. The largest absolute Gasteiger partial charge is 0.491 e. The van der Waals surface area contributed by atoms with Gasteiger partial charge in [-0.3, -0.25) is 9.59 Å². The number of aryl methyl sites for hydroxylation is 1. The van der Waals surface area contributed by atoms with Crippen LogP contribution >= 0.6 is 0 Å². The fourth-order valence-electron chi connectivity index (χ4n) is 5.64. The van der Waals surface area contributed by atoms with Gasteiger partial charge in [0.1, 0.15) is 18.0 Å². The van der Waals surface area contributed by atoms with Crippen LogP contribution in [0.5, 0.6) is 5.75 Å². The highest BCUT2D eigenvalue weighted by atomic mass is 16.6. The van der Waals surface area contributed by atoms with E-state index in [0.717, 1.165) is 28.2 Å². The summed E-state index contributed by atoms with van der Waals surface area (Å²) in [5, 5.41) is 0. The van der Waals surface area contributed by atoms with Crippen LogP contribution in [0.15, 0.2) is 91.0 Å². The Morgan fingerprint density at radius 1 is 0.870 bits per heavy atom. The maximum absolute atomic E-state index is 14.6. The van der Waals surface area contributed by atoms with Crippen molar-refractivity contribution in [3.8, 4) is 22.7 Å². The maximum atomic E-state index is 14.6. The number of esters is 1. The lowest BCUT2D eigenvalue weighted by molar-refractivity contribution is -0.139. The molecular formula is C37H41N3O6. The zero-order chi connectivity index (χ0) is 32.8. The van der Waals surface area contributed by atoms with Crippen LogP contribution in [0.4, 0.5) is 4.79 Å². The van der Waals surface area contributed by atoms with E-state index in [0.29, 0.717) is 24.4 Å². The number of hydrogen-bond donors (Lipinski definition) is 0. The molecule has 5 rings (SSSR count). The van der Waals surface area contributed by atoms with Gasteiger partial charge in [0.2, 0.25) is 0 Å². The Hall–Kier alpha value is -5.05. The van der Waals surface area contributed by atoms with E-state index >= 15 is 0 Å². The van der Waals surface area contributed by atoms with Crippen LogP contribution in [0.25, 0.3) is 16.9 Å². The Bertz CT molecular complexity index is 1660. The van der Waals surface area contributed by atoms with Crippen molar-refractivity contribution in [2.24, 2.45) is 0 Å². The van der Waals surface area contributed by atoms with Gasteiger partial charge in [-0.05, 0) is 69.2 Å². The predicted octanol–water partition coefficient (Wildman–Crippen LogP) is 6.31. The molecule has 0 bridgehead atoms. The highest BCUT2D eigenvalue weighted by Gasteiger charge is 2.37. The number of carbonyl (C=O) groups is 3. The molecule has 0 radical (unpaired) electrons. The molecule has 9 nitrogen and oxygen atoms in total. The smallest absolute Gasteiger partial charge is 0.410 e. The van der Waals surface area contributed by atoms with Crippen molar-refractivity contribution in [2.45, 2.75) is 45.8 Å². The lowest BCUT2D eigenvalue weighted by atomic mass is 10.0. The number of nitrogens with zero attached hydrogens (tertiary/aromatic N) is 3. The second kappa shape index (κ2) is 13.9. The summed E-state index contributed by atoms with van der Waals surface area (Å²) in [5.41, 5.74) is 4.36. The molecule has 3 aromatic carbocycles. The first kappa shape index (κ1) is 32.3. The van der Waals surface area contributed by atoms with Gasteiger partial charge in [-0.15, -0.1) is 0 Å². The molecule has 1 aromatic heterocycles. The minimum absolute atomic E-state index is 0.137. The summed E-state index contributed by atoms with van der Waals surface area (Å²) in [6, 6.07) is 28.6. The van der Waals surface area contributed by atoms with Gasteiger partial charge < -0.3 is 28.6 Å². The predicted molar refractivity (Wildman–Crippen MR) is 176 cm³/mol. The summed E-state index contributed by atoms with van der Waals surface area (Å²) in [5.74, 6) is 0.132. The highest BCUT2D eigenvalue weighted by Crippen LogP contribution is 2.33. The molecule has 0 aliphatic carbocycles. The number of carbonyl (C=O) groups excluding carboxylic acids is 3. The number of para-hydroxylation sites is 1. The number of hydrogen-bond acceptors (Lipinski definition) is 6. The van der Waals surface area contributed by atoms with E-state index in [1.807, 2.05) is 111 Å². The first-order valence-electron chi connectivity index (χ1n) is 15.4. The molecule has 0 N–H and O–H groups in total. The topological polar surface area (TPSA) is 90.3 Å². The summed E-state index contributed by atoms with van der Waals surface area (Å²) >= 11 is 0. The lowest BCUT2D eigenvalue weighted by Gasteiger charge is -2.41. The van der Waals surface area contributed by atoms with Crippen LogP contribution in [0, 0.1) is 6.92 Å². The van der Waals surface area contributed by atoms with Crippen LogP contribution < -0.4 is 4.74 Å². The third-order valence-electron chi connectivity index (χ3n) is 7.81. The summed E-state index contributed by atoms with van der Waals surface area (Å²) in [4.78, 5) is 42.8. The molecule has 2 amide bonds. The summed E-state index contributed by atoms with van der Waals surface area (Å²) in [6.45, 7) is 8.55. The van der Waals surface area contributed by atoms with E-state index in [1.54, 1.807) is 17.0 Å². The molecule has 240 valence electrons. The molecule has 9 heteroatoms. The number of methoxy groups -OCH3 is 1. The molecule has 1 fully saturated rings. The molecule has 1 aliphatic rings. The average Bonchev–Trinajstić information content (AvgIpc) is 3.40. The number of aromatic nitrogens is 1. The average molecular weight is 624 g/mol. The number of amides is 2. The number of benzene rings is 3. The van der Waals surface area contributed by atoms with E-state index in [-0.39, 0.29) is 31.4 Å². The minimum atomic E-state index is -0.648. The Morgan fingerprint density at radius 2 is 1.52 bits per heavy atom. The fraction of sp³-hybridized carbons (Fsp3) is 0.324. The van der Waals surface area contributed by atoms with Crippen molar-refractivity contribution in [3.63, 3.8) is 0 Å². The monoisotopic (exact) mass is 623 g/mol. The summed E-state index contributed by atoms with van der Waals surface area (Å²) in [7, 11) is 1.36. The molecule has 4 aromatic rings.